The molecule has 0 N–H and O–H groups in total. The van der Waals surface area contributed by atoms with Gasteiger partial charge >= 0.3 is 0 Å². The van der Waals surface area contributed by atoms with Crippen LogP contribution in [0, 0.1) is 35.5 Å². The van der Waals surface area contributed by atoms with E-state index >= 15 is 0 Å². The fourth-order valence-corrected chi connectivity index (χ4v) is 4.97. The molecule has 0 spiro atoms. The second-order valence-corrected chi connectivity index (χ2v) is 9.55. The molecular weight excluding hydrogens is 472 g/mol. The molecule has 38 heavy (non-hydrogen) atoms. The van der Waals surface area contributed by atoms with Crippen LogP contribution in [-0.4, -0.2) is 52.4 Å². The standard InChI is InChI=1S/C15H26O2.C13H20O2.6CH4/c1-5-12-8-13(6-2)14(9-12)10-17-11-15(7-3)16-4;1-3-10-5-11(4-2)12(6-10)7-14-8-13-9-15-13;;;;;;/h5-6,12-15H,1-2,7-11H2,3-4H3;3-4,10-13H,1-2,5-9H2;6*1H4. The Labute approximate surface area is 241 Å². The molecule has 2 saturated carbocycles. The zero-order valence-corrected chi connectivity index (χ0v) is 20.5. The van der Waals surface area contributed by atoms with Crippen molar-refractivity contribution in [1.82, 2.24) is 0 Å². The van der Waals surface area contributed by atoms with E-state index in [9.17, 15) is 0 Å². The van der Waals surface area contributed by atoms with Crippen LogP contribution < -0.4 is 0 Å². The fourth-order valence-electron chi connectivity index (χ4n) is 4.97. The van der Waals surface area contributed by atoms with Crippen molar-refractivity contribution in [3.63, 3.8) is 0 Å². The SMILES string of the molecule is C.C.C.C.C.C.C=CC1CC(C=C)C(COCC(CC)OC)C1.C=CC1CC(C=C)C(COCC2CO2)C1. The van der Waals surface area contributed by atoms with Crippen LogP contribution in [0.25, 0.3) is 0 Å². The second kappa shape index (κ2) is 26.0. The van der Waals surface area contributed by atoms with E-state index in [1.54, 1.807) is 7.11 Å². The second-order valence-electron chi connectivity index (χ2n) is 9.55. The van der Waals surface area contributed by atoms with Gasteiger partial charge in [-0.1, -0.05) is 75.8 Å². The minimum atomic E-state index is 0. The molecule has 3 fully saturated rings. The zero-order chi connectivity index (χ0) is 23.3. The molecule has 0 aromatic rings. The average Bonchev–Trinajstić information content (AvgIpc) is 3.42. The Hall–Kier alpha value is -1.20. The molecule has 0 aromatic carbocycles. The summed E-state index contributed by atoms with van der Waals surface area (Å²) in [6.07, 6.45) is 14.7. The molecule has 230 valence electrons. The molecule has 1 aliphatic heterocycles. The predicted octanol–water partition coefficient (Wildman–Crippen LogP) is 9.68. The molecule has 8 unspecified atom stereocenters. The Bertz CT molecular complexity index is 567. The summed E-state index contributed by atoms with van der Waals surface area (Å²) in [7, 11) is 1.74. The zero-order valence-electron chi connectivity index (χ0n) is 20.5. The molecule has 3 rings (SSSR count). The summed E-state index contributed by atoms with van der Waals surface area (Å²) in [5, 5.41) is 0. The highest BCUT2D eigenvalue weighted by Gasteiger charge is 2.32. The largest absolute Gasteiger partial charge is 0.379 e. The summed E-state index contributed by atoms with van der Waals surface area (Å²) in [5.41, 5.74) is 0. The van der Waals surface area contributed by atoms with Gasteiger partial charge in [0.1, 0.15) is 6.10 Å². The molecule has 0 amide bonds. The Morgan fingerprint density at radius 2 is 1.16 bits per heavy atom. The van der Waals surface area contributed by atoms with E-state index in [0.29, 0.717) is 48.2 Å². The van der Waals surface area contributed by atoms with Crippen molar-refractivity contribution in [2.75, 3.05) is 40.1 Å². The van der Waals surface area contributed by atoms with Crippen LogP contribution in [0.4, 0.5) is 0 Å². The molecule has 4 nitrogen and oxygen atoms in total. The molecule has 2 aliphatic carbocycles. The number of allylic oxidation sites excluding steroid dienone is 4. The van der Waals surface area contributed by atoms with Gasteiger partial charge in [0, 0.05) is 7.11 Å². The van der Waals surface area contributed by atoms with E-state index in [-0.39, 0.29) is 50.7 Å². The summed E-state index contributed by atoms with van der Waals surface area (Å²) in [6.45, 7) is 21.7. The average molecular weight is 543 g/mol. The van der Waals surface area contributed by atoms with Gasteiger partial charge in [0.15, 0.2) is 0 Å². The van der Waals surface area contributed by atoms with E-state index in [2.05, 4.69) is 57.5 Å². The third-order valence-corrected chi connectivity index (χ3v) is 7.31. The first-order valence-electron chi connectivity index (χ1n) is 12.4. The number of epoxide rings is 1. The maximum atomic E-state index is 5.78. The summed E-state index contributed by atoms with van der Waals surface area (Å²) >= 11 is 0. The predicted molar refractivity (Wildman–Crippen MR) is 173 cm³/mol. The lowest BCUT2D eigenvalue weighted by Gasteiger charge is -2.18. The van der Waals surface area contributed by atoms with Crippen LogP contribution in [0.5, 0.6) is 0 Å². The van der Waals surface area contributed by atoms with E-state index in [0.717, 1.165) is 32.8 Å². The van der Waals surface area contributed by atoms with Gasteiger partial charge in [-0.15, -0.1) is 26.3 Å². The van der Waals surface area contributed by atoms with Crippen molar-refractivity contribution >= 4 is 0 Å². The van der Waals surface area contributed by atoms with Crippen molar-refractivity contribution in [1.29, 1.82) is 0 Å². The highest BCUT2D eigenvalue weighted by Crippen LogP contribution is 2.38. The van der Waals surface area contributed by atoms with Gasteiger partial charge in [-0.05, 0) is 67.6 Å². The number of methoxy groups -OCH3 is 1. The molecule has 1 heterocycles. The Balaban J connectivity index is -0.000000166. The van der Waals surface area contributed by atoms with Crippen LogP contribution in [-0.2, 0) is 18.9 Å². The monoisotopic (exact) mass is 543 g/mol. The van der Waals surface area contributed by atoms with E-state index in [1.165, 1.54) is 25.7 Å². The minimum Gasteiger partial charge on any atom is -0.379 e. The number of ether oxygens (including phenoxy) is 4. The Morgan fingerprint density at radius 1 is 0.711 bits per heavy atom. The molecule has 1 saturated heterocycles. The Morgan fingerprint density at radius 3 is 1.50 bits per heavy atom. The Kier molecular flexibility index (Phi) is 32.0. The molecule has 4 heteroatoms. The molecule has 3 aliphatic rings. The third-order valence-electron chi connectivity index (χ3n) is 7.31. The normalized spacial score (nSPS) is 28.8. The summed E-state index contributed by atoms with van der Waals surface area (Å²) in [6, 6.07) is 0. The first-order valence-corrected chi connectivity index (χ1v) is 12.4. The van der Waals surface area contributed by atoms with E-state index in [4.69, 9.17) is 18.9 Å². The highest BCUT2D eigenvalue weighted by molar-refractivity contribution is 4.98. The number of hydrogen-bond donors (Lipinski definition) is 0. The summed E-state index contributed by atoms with van der Waals surface area (Å²) in [4.78, 5) is 0. The summed E-state index contributed by atoms with van der Waals surface area (Å²) < 4.78 is 21.8. The lowest BCUT2D eigenvalue weighted by molar-refractivity contribution is -0.00642. The molecular formula is C34H70O4. The van der Waals surface area contributed by atoms with Gasteiger partial charge < -0.3 is 18.9 Å². The maximum absolute atomic E-state index is 5.78. The molecule has 8 atom stereocenters. The quantitative estimate of drug-likeness (QED) is 0.162. The van der Waals surface area contributed by atoms with Gasteiger partial charge in [-0.25, -0.2) is 0 Å². The van der Waals surface area contributed by atoms with E-state index < -0.39 is 0 Å². The summed E-state index contributed by atoms with van der Waals surface area (Å²) in [5.74, 6) is 3.71. The van der Waals surface area contributed by atoms with Crippen LogP contribution in [0.1, 0.15) is 83.6 Å². The van der Waals surface area contributed by atoms with Crippen molar-refractivity contribution in [2.24, 2.45) is 35.5 Å². The van der Waals surface area contributed by atoms with Crippen LogP contribution in [0.15, 0.2) is 50.6 Å². The maximum Gasteiger partial charge on any atom is 0.104 e. The smallest absolute Gasteiger partial charge is 0.104 e. The molecule has 0 bridgehead atoms. The molecule has 0 aromatic heterocycles. The van der Waals surface area contributed by atoms with Crippen molar-refractivity contribution < 1.29 is 18.9 Å². The van der Waals surface area contributed by atoms with Gasteiger partial charge in [-0.3, -0.25) is 0 Å². The van der Waals surface area contributed by atoms with Crippen molar-refractivity contribution in [3.8, 4) is 0 Å². The first kappa shape index (κ1) is 46.6. The number of hydrogen-bond acceptors (Lipinski definition) is 4. The van der Waals surface area contributed by atoms with Gasteiger partial charge in [-0.2, -0.15) is 0 Å². The van der Waals surface area contributed by atoms with Crippen LogP contribution >= 0.6 is 0 Å². The molecule has 0 radical (unpaired) electrons. The van der Waals surface area contributed by atoms with Gasteiger partial charge in [0.25, 0.3) is 0 Å². The highest BCUT2D eigenvalue weighted by atomic mass is 16.6. The first-order chi connectivity index (χ1) is 15.6. The van der Waals surface area contributed by atoms with Crippen molar-refractivity contribution in [2.45, 2.75) is 95.8 Å². The van der Waals surface area contributed by atoms with Crippen molar-refractivity contribution in [3.05, 3.63) is 50.6 Å². The topological polar surface area (TPSA) is 40.2 Å². The van der Waals surface area contributed by atoms with Crippen LogP contribution in [0.2, 0.25) is 0 Å². The van der Waals surface area contributed by atoms with E-state index in [1.807, 2.05) is 0 Å². The van der Waals surface area contributed by atoms with Gasteiger partial charge in [0.05, 0.1) is 39.1 Å². The minimum absolute atomic E-state index is 0. The lowest BCUT2D eigenvalue weighted by Crippen LogP contribution is -2.21. The van der Waals surface area contributed by atoms with Gasteiger partial charge in [0.2, 0.25) is 0 Å². The lowest BCUT2D eigenvalue weighted by atomic mass is 9.97. The third kappa shape index (κ3) is 16.0. The van der Waals surface area contributed by atoms with Crippen LogP contribution in [0.3, 0.4) is 0 Å². The number of rotatable bonds is 14. The fraction of sp³-hybridized carbons (Fsp3) is 0.765.